The number of benzene rings is 2. The maximum atomic E-state index is 14.1. The molecule has 0 spiro atoms. The summed E-state index contributed by atoms with van der Waals surface area (Å²) in [6, 6.07) is 8.68. The summed E-state index contributed by atoms with van der Waals surface area (Å²) >= 11 is 0. The number of amides is 1. The highest BCUT2D eigenvalue weighted by Crippen LogP contribution is 2.18. The molecule has 0 radical (unpaired) electrons. The van der Waals surface area contributed by atoms with Crippen molar-refractivity contribution in [1.29, 1.82) is 0 Å². The van der Waals surface area contributed by atoms with E-state index in [1.54, 1.807) is 13.8 Å². The topological polar surface area (TPSA) is 78.5 Å². The first-order valence-electron chi connectivity index (χ1n) is 8.88. The molecule has 0 saturated heterocycles. The van der Waals surface area contributed by atoms with Crippen LogP contribution in [0.5, 0.6) is 0 Å². The number of rotatable bonds is 7. The van der Waals surface area contributed by atoms with Gasteiger partial charge >= 0.3 is 0 Å². The second-order valence-corrected chi connectivity index (χ2v) is 8.82. The van der Waals surface area contributed by atoms with Gasteiger partial charge in [0.2, 0.25) is 10.0 Å². The standard InChI is InChI=1S/C20H26FN3O3S/c1-13(2)23-28(26,27)17-8-9-19(21)18(11-17)20(25)22-12-15-6-7-16(24(4)5)10-14(15)3/h6-11,13,23H,12H2,1-5H3,(H,22,25). The van der Waals surface area contributed by atoms with Gasteiger partial charge in [-0.3, -0.25) is 4.79 Å². The smallest absolute Gasteiger partial charge is 0.254 e. The fraction of sp³-hybridized carbons (Fsp3) is 0.350. The summed E-state index contributed by atoms with van der Waals surface area (Å²) in [4.78, 5) is 14.3. The lowest BCUT2D eigenvalue weighted by Gasteiger charge is -2.15. The number of carbonyl (C=O) groups is 1. The Morgan fingerprint density at radius 3 is 2.39 bits per heavy atom. The molecular formula is C20H26FN3O3S. The molecule has 0 unspecified atom stereocenters. The summed E-state index contributed by atoms with van der Waals surface area (Å²) in [5.74, 6) is -1.45. The highest BCUT2D eigenvalue weighted by atomic mass is 32.2. The average molecular weight is 408 g/mol. The predicted octanol–water partition coefficient (Wildman–Crippen LogP) is 2.82. The van der Waals surface area contributed by atoms with Crippen LogP contribution in [-0.2, 0) is 16.6 Å². The number of nitrogens with one attached hydrogen (secondary N) is 2. The Kier molecular flexibility index (Phi) is 6.79. The van der Waals surface area contributed by atoms with Crippen molar-refractivity contribution in [2.45, 2.75) is 38.3 Å². The number of aryl methyl sites for hydroxylation is 1. The van der Waals surface area contributed by atoms with Crippen molar-refractivity contribution in [3.63, 3.8) is 0 Å². The van der Waals surface area contributed by atoms with E-state index in [2.05, 4.69) is 10.0 Å². The summed E-state index contributed by atoms with van der Waals surface area (Å²) in [5, 5.41) is 2.66. The Bertz CT molecular complexity index is 973. The van der Waals surface area contributed by atoms with Crippen LogP contribution in [0.4, 0.5) is 10.1 Å². The van der Waals surface area contributed by atoms with Crippen LogP contribution in [0.3, 0.4) is 0 Å². The first kappa shape index (κ1) is 21.8. The molecule has 1 amide bonds. The van der Waals surface area contributed by atoms with E-state index in [1.807, 2.05) is 44.1 Å². The van der Waals surface area contributed by atoms with Crippen molar-refractivity contribution in [3.8, 4) is 0 Å². The van der Waals surface area contributed by atoms with E-state index in [0.717, 1.165) is 35.0 Å². The molecule has 2 rings (SSSR count). The maximum Gasteiger partial charge on any atom is 0.254 e. The molecular weight excluding hydrogens is 381 g/mol. The van der Waals surface area contributed by atoms with Crippen molar-refractivity contribution in [2.75, 3.05) is 19.0 Å². The second-order valence-electron chi connectivity index (χ2n) is 7.11. The molecule has 0 saturated carbocycles. The quantitative estimate of drug-likeness (QED) is 0.740. The average Bonchev–Trinajstić information content (AvgIpc) is 2.59. The van der Waals surface area contributed by atoms with Crippen molar-refractivity contribution in [2.24, 2.45) is 0 Å². The predicted molar refractivity (Wildman–Crippen MR) is 109 cm³/mol. The number of hydrogen-bond acceptors (Lipinski definition) is 4. The van der Waals surface area contributed by atoms with Gasteiger partial charge in [0.15, 0.2) is 0 Å². The molecule has 2 aromatic rings. The third-order valence-electron chi connectivity index (χ3n) is 4.17. The van der Waals surface area contributed by atoms with Gasteiger partial charge in [-0.15, -0.1) is 0 Å². The number of hydrogen-bond donors (Lipinski definition) is 2. The van der Waals surface area contributed by atoms with Crippen molar-refractivity contribution in [3.05, 3.63) is 58.9 Å². The molecule has 2 N–H and O–H groups in total. The number of nitrogens with zero attached hydrogens (tertiary/aromatic N) is 1. The van der Waals surface area contributed by atoms with Crippen LogP contribution in [0, 0.1) is 12.7 Å². The Labute approximate surface area is 165 Å². The molecule has 0 aliphatic heterocycles. The fourth-order valence-electron chi connectivity index (χ4n) is 2.65. The molecule has 2 aromatic carbocycles. The van der Waals surface area contributed by atoms with Gasteiger partial charge in [0.05, 0.1) is 10.5 Å². The Hall–Kier alpha value is -2.45. The van der Waals surface area contributed by atoms with Gasteiger partial charge < -0.3 is 10.2 Å². The van der Waals surface area contributed by atoms with Crippen LogP contribution in [0.25, 0.3) is 0 Å². The molecule has 0 aliphatic rings. The monoisotopic (exact) mass is 407 g/mol. The van der Waals surface area contributed by atoms with Crippen LogP contribution in [0.15, 0.2) is 41.3 Å². The minimum absolute atomic E-state index is 0.153. The first-order valence-corrected chi connectivity index (χ1v) is 10.4. The summed E-state index contributed by atoms with van der Waals surface area (Å²) in [6.45, 7) is 5.50. The van der Waals surface area contributed by atoms with Gasteiger partial charge in [-0.05, 0) is 62.2 Å². The number of anilines is 1. The van der Waals surface area contributed by atoms with E-state index < -0.39 is 21.7 Å². The molecule has 0 aliphatic carbocycles. The summed E-state index contributed by atoms with van der Waals surface area (Å²) in [6.07, 6.45) is 0. The minimum Gasteiger partial charge on any atom is -0.378 e. The lowest BCUT2D eigenvalue weighted by atomic mass is 10.1. The van der Waals surface area contributed by atoms with E-state index in [9.17, 15) is 17.6 Å². The summed E-state index contributed by atoms with van der Waals surface area (Å²) < 4.78 is 41.1. The van der Waals surface area contributed by atoms with Gasteiger partial charge in [-0.1, -0.05) is 6.07 Å². The van der Waals surface area contributed by atoms with E-state index in [0.29, 0.717) is 0 Å². The van der Waals surface area contributed by atoms with Gasteiger partial charge in [0.1, 0.15) is 5.82 Å². The zero-order valence-electron chi connectivity index (χ0n) is 16.7. The van der Waals surface area contributed by atoms with Gasteiger partial charge in [0, 0.05) is 32.4 Å². The highest BCUT2D eigenvalue weighted by molar-refractivity contribution is 7.89. The molecule has 0 aromatic heterocycles. The minimum atomic E-state index is -3.82. The largest absolute Gasteiger partial charge is 0.378 e. The van der Waals surface area contributed by atoms with E-state index >= 15 is 0 Å². The molecule has 6 nitrogen and oxygen atoms in total. The SMILES string of the molecule is Cc1cc(N(C)C)ccc1CNC(=O)c1cc(S(=O)(=O)NC(C)C)ccc1F. The van der Waals surface area contributed by atoms with Crippen molar-refractivity contribution < 1.29 is 17.6 Å². The van der Waals surface area contributed by atoms with Gasteiger partial charge in [-0.2, -0.15) is 0 Å². The lowest BCUT2D eigenvalue weighted by Crippen LogP contribution is -2.31. The highest BCUT2D eigenvalue weighted by Gasteiger charge is 2.20. The number of carbonyl (C=O) groups excluding carboxylic acids is 1. The first-order chi connectivity index (χ1) is 13.0. The fourth-order valence-corrected chi connectivity index (χ4v) is 3.93. The zero-order chi connectivity index (χ0) is 21.1. The van der Waals surface area contributed by atoms with Crippen LogP contribution in [-0.4, -0.2) is 34.5 Å². The third-order valence-corrected chi connectivity index (χ3v) is 5.82. The zero-order valence-corrected chi connectivity index (χ0v) is 17.5. The molecule has 152 valence electrons. The van der Waals surface area contributed by atoms with Crippen LogP contribution < -0.4 is 14.9 Å². The Morgan fingerprint density at radius 1 is 1.14 bits per heavy atom. The lowest BCUT2D eigenvalue weighted by molar-refractivity contribution is 0.0946. The van der Waals surface area contributed by atoms with E-state index in [4.69, 9.17) is 0 Å². The number of halogens is 1. The van der Waals surface area contributed by atoms with Crippen molar-refractivity contribution in [1.82, 2.24) is 10.0 Å². The molecule has 0 bridgehead atoms. The molecule has 0 heterocycles. The maximum absolute atomic E-state index is 14.1. The Balaban J connectivity index is 2.20. The van der Waals surface area contributed by atoms with Crippen molar-refractivity contribution >= 4 is 21.6 Å². The van der Waals surface area contributed by atoms with Crippen LogP contribution in [0.2, 0.25) is 0 Å². The normalized spacial score (nSPS) is 11.5. The Morgan fingerprint density at radius 2 is 1.82 bits per heavy atom. The number of sulfonamides is 1. The molecule has 28 heavy (non-hydrogen) atoms. The molecule has 8 heteroatoms. The second kappa shape index (κ2) is 8.70. The van der Waals surface area contributed by atoms with Crippen LogP contribution >= 0.6 is 0 Å². The van der Waals surface area contributed by atoms with Gasteiger partial charge in [0.25, 0.3) is 5.91 Å². The summed E-state index contributed by atoms with van der Waals surface area (Å²) in [7, 11) is 0.0570. The third kappa shape index (κ3) is 5.30. The molecule has 0 atom stereocenters. The molecule has 0 fully saturated rings. The summed E-state index contributed by atoms with van der Waals surface area (Å²) in [5.41, 5.74) is 2.61. The van der Waals surface area contributed by atoms with Crippen LogP contribution in [0.1, 0.15) is 35.3 Å². The van der Waals surface area contributed by atoms with E-state index in [-0.39, 0.29) is 23.0 Å². The van der Waals surface area contributed by atoms with E-state index in [1.165, 1.54) is 0 Å². The van der Waals surface area contributed by atoms with Gasteiger partial charge in [-0.25, -0.2) is 17.5 Å².